The third-order valence-corrected chi connectivity index (χ3v) is 4.12. The lowest BCUT2D eigenvalue weighted by Gasteiger charge is -2.37. The molecule has 3 rings (SSSR count). The Morgan fingerprint density at radius 1 is 1.23 bits per heavy atom. The number of anilines is 1. The monoisotopic (exact) mass is 304 g/mol. The Hall–Kier alpha value is -2.42. The molecule has 2 fully saturated rings. The van der Waals surface area contributed by atoms with Crippen LogP contribution in [-0.2, 0) is 9.59 Å². The minimum atomic E-state index is -1.01. The normalized spacial score (nSPS) is 21.7. The molecule has 0 bridgehead atoms. The molecule has 0 spiro atoms. The van der Waals surface area contributed by atoms with Crippen LogP contribution in [0.2, 0.25) is 0 Å². The molecule has 2 aliphatic rings. The summed E-state index contributed by atoms with van der Waals surface area (Å²) >= 11 is 0. The summed E-state index contributed by atoms with van der Waals surface area (Å²) in [5, 5.41) is 0. The fourth-order valence-electron chi connectivity index (χ4n) is 2.80. The lowest BCUT2D eigenvalue weighted by molar-refractivity contribution is -0.140. The second-order valence-electron chi connectivity index (χ2n) is 5.61. The van der Waals surface area contributed by atoms with Gasteiger partial charge >= 0.3 is 0 Å². The summed E-state index contributed by atoms with van der Waals surface area (Å²) in [5.74, 6) is -0.144. The summed E-state index contributed by atoms with van der Waals surface area (Å²) < 4.78 is 26.2. The minimum absolute atomic E-state index is 0.0784. The highest BCUT2D eigenvalue weighted by molar-refractivity contribution is 6.00. The highest BCUT2D eigenvalue weighted by Gasteiger charge is 2.40. The van der Waals surface area contributed by atoms with Gasteiger partial charge in [-0.05, 0) is 12.1 Å². The van der Waals surface area contributed by atoms with Crippen molar-refractivity contribution < 1.29 is 18.4 Å². The first-order valence-corrected chi connectivity index (χ1v) is 7.00. The van der Waals surface area contributed by atoms with Crippen LogP contribution >= 0.6 is 0 Å². The van der Waals surface area contributed by atoms with Gasteiger partial charge in [-0.25, -0.2) is 8.78 Å². The lowest BCUT2D eigenvalue weighted by atomic mass is 9.97. The zero-order valence-corrected chi connectivity index (χ0v) is 11.8. The van der Waals surface area contributed by atoms with Crippen LogP contribution in [0, 0.1) is 35.8 Å². The van der Waals surface area contributed by atoms with E-state index in [0.717, 1.165) is 12.1 Å². The standard InChI is InChI=1S/C16H14F2N2O2/c1-2-10-7-19(8-10)16(22)11-5-15(21)20(9-11)12-3-4-13(17)14(18)6-12/h1,3-4,6,10-11H,5,7-9H2/t11-/m1/s1. The van der Waals surface area contributed by atoms with Crippen LogP contribution in [0.3, 0.4) is 0 Å². The summed E-state index contributed by atoms with van der Waals surface area (Å²) in [6.07, 6.45) is 5.36. The maximum absolute atomic E-state index is 13.3. The van der Waals surface area contributed by atoms with E-state index in [-0.39, 0.29) is 36.4 Å². The van der Waals surface area contributed by atoms with Crippen molar-refractivity contribution in [3.63, 3.8) is 0 Å². The fraction of sp³-hybridized carbons (Fsp3) is 0.375. The Morgan fingerprint density at radius 3 is 2.59 bits per heavy atom. The van der Waals surface area contributed by atoms with E-state index >= 15 is 0 Å². The van der Waals surface area contributed by atoms with Gasteiger partial charge in [0.1, 0.15) is 0 Å². The number of benzene rings is 1. The average Bonchev–Trinajstić information content (AvgIpc) is 2.83. The molecule has 0 aliphatic carbocycles. The second kappa shape index (κ2) is 5.41. The number of halogens is 2. The summed E-state index contributed by atoms with van der Waals surface area (Å²) in [6.45, 7) is 1.22. The summed E-state index contributed by atoms with van der Waals surface area (Å²) in [7, 11) is 0. The highest BCUT2D eigenvalue weighted by atomic mass is 19.2. The zero-order valence-electron chi connectivity index (χ0n) is 11.8. The SMILES string of the molecule is C#CC1CN(C(=O)[C@@H]2CC(=O)N(c3ccc(F)c(F)c3)C2)C1. The third-order valence-electron chi connectivity index (χ3n) is 4.12. The Morgan fingerprint density at radius 2 is 1.95 bits per heavy atom. The topological polar surface area (TPSA) is 40.6 Å². The van der Waals surface area contributed by atoms with Crippen molar-refractivity contribution in [1.29, 1.82) is 0 Å². The fourth-order valence-corrected chi connectivity index (χ4v) is 2.80. The van der Waals surface area contributed by atoms with E-state index < -0.39 is 17.6 Å². The van der Waals surface area contributed by atoms with Crippen molar-refractivity contribution in [2.24, 2.45) is 11.8 Å². The van der Waals surface area contributed by atoms with Crippen molar-refractivity contribution in [3.05, 3.63) is 29.8 Å². The molecule has 22 heavy (non-hydrogen) atoms. The molecule has 2 heterocycles. The molecule has 2 aliphatic heterocycles. The van der Waals surface area contributed by atoms with Gasteiger partial charge in [0.25, 0.3) is 0 Å². The molecule has 6 heteroatoms. The molecule has 114 valence electrons. The van der Waals surface area contributed by atoms with Crippen LogP contribution in [0.4, 0.5) is 14.5 Å². The maximum Gasteiger partial charge on any atom is 0.228 e. The van der Waals surface area contributed by atoms with Gasteiger partial charge < -0.3 is 9.80 Å². The second-order valence-corrected chi connectivity index (χ2v) is 5.61. The molecule has 1 aromatic rings. The van der Waals surface area contributed by atoms with Gasteiger partial charge in [0.15, 0.2) is 11.6 Å². The largest absolute Gasteiger partial charge is 0.340 e. The molecule has 1 atom stereocenters. The van der Waals surface area contributed by atoms with E-state index in [0.29, 0.717) is 13.1 Å². The molecule has 0 radical (unpaired) electrons. The van der Waals surface area contributed by atoms with Crippen molar-refractivity contribution in [3.8, 4) is 12.3 Å². The number of amides is 2. The number of hydrogen-bond acceptors (Lipinski definition) is 2. The van der Waals surface area contributed by atoms with E-state index in [4.69, 9.17) is 6.42 Å². The Kier molecular flexibility index (Phi) is 3.57. The third kappa shape index (κ3) is 2.43. The summed E-state index contributed by atoms with van der Waals surface area (Å²) in [6, 6.07) is 3.28. The molecule has 1 aromatic carbocycles. The quantitative estimate of drug-likeness (QED) is 0.775. The Labute approximate surface area is 126 Å². The molecular formula is C16H14F2N2O2. The molecule has 0 saturated carbocycles. The number of likely N-dealkylation sites (tertiary alicyclic amines) is 1. The first-order valence-electron chi connectivity index (χ1n) is 7.00. The van der Waals surface area contributed by atoms with Crippen molar-refractivity contribution >= 4 is 17.5 Å². The number of rotatable bonds is 2. The van der Waals surface area contributed by atoms with Crippen LogP contribution in [0.5, 0.6) is 0 Å². The van der Waals surface area contributed by atoms with E-state index in [1.165, 1.54) is 11.0 Å². The van der Waals surface area contributed by atoms with E-state index in [2.05, 4.69) is 5.92 Å². The molecule has 2 amide bonds. The predicted octanol–water partition coefficient (Wildman–Crippen LogP) is 1.41. The number of carbonyl (C=O) groups excluding carboxylic acids is 2. The lowest BCUT2D eigenvalue weighted by Crippen LogP contribution is -2.51. The van der Waals surface area contributed by atoms with Crippen molar-refractivity contribution in [1.82, 2.24) is 4.90 Å². The van der Waals surface area contributed by atoms with E-state index in [1.807, 2.05) is 0 Å². The van der Waals surface area contributed by atoms with Gasteiger partial charge in [-0.3, -0.25) is 9.59 Å². The molecule has 2 saturated heterocycles. The average molecular weight is 304 g/mol. The summed E-state index contributed by atoms with van der Waals surface area (Å²) in [4.78, 5) is 27.3. The number of hydrogen-bond donors (Lipinski definition) is 0. The van der Waals surface area contributed by atoms with Crippen molar-refractivity contribution in [2.75, 3.05) is 24.5 Å². The number of terminal acetylenes is 1. The minimum Gasteiger partial charge on any atom is -0.340 e. The predicted molar refractivity (Wildman–Crippen MR) is 75.7 cm³/mol. The van der Waals surface area contributed by atoms with E-state index in [1.54, 1.807) is 4.90 Å². The molecule has 0 unspecified atom stereocenters. The summed E-state index contributed by atoms with van der Waals surface area (Å²) in [5.41, 5.74) is 0.268. The number of nitrogens with zero attached hydrogens (tertiary/aromatic N) is 2. The van der Waals surface area contributed by atoms with Crippen LogP contribution in [0.15, 0.2) is 18.2 Å². The van der Waals surface area contributed by atoms with Crippen LogP contribution in [-0.4, -0.2) is 36.3 Å². The van der Waals surface area contributed by atoms with Gasteiger partial charge in [0.2, 0.25) is 11.8 Å². The Balaban J connectivity index is 1.69. The first kappa shape index (κ1) is 14.5. The van der Waals surface area contributed by atoms with Crippen LogP contribution < -0.4 is 4.90 Å². The van der Waals surface area contributed by atoms with Gasteiger partial charge in [-0.1, -0.05) is 5.92 Å². The van der Waals surface area contributed by atoms with Gasteiger partial charge in [0, 0.05) is 37.8 Å². The smallest absolute Gasteiger partial charge is 0.228 e. The van der Waals surface area contributed by atoms with Gasteiger partial charge in [-0.2, -0.15) is 0 Å². The van der Waals surface area contributed by atoms with Gasteiger partial charge in [-0.15, -0.1) is 6.42 Å². The van der Waals surface area contributed by atoms with Gasteiger partial charge in [0.05, 0.1) is 11.8 Å². The molecular weight excluding hydrogens is 290 g/mol. The molecule has 0 N–H and O–H groups in total. The Bertz CT molecular complexity index is 677. The first-order chi connectivity index (χ1) is 10.5. The van der Waals surface area contributed by atoms with Crippen molar-refractivity contribution in [2.45, 2.75) is 6.42 Å². The van der Waals surface area contributed by atoms with Crippen LogP contribution in [0.25, 0.3) is 0 Å². The maximum atomic E-state index is 13.3. The van der Waals surface area contributed by atoms with Crippen LogP contribution in [0.1, 0.15) is 6.42 Å². The number of carbonyl (C=O) groups is 2. The molecule has 0 aromatic heterocycles. The van der Waals surface area contributed by atoms with E-state index in [9.17, 15) is 18.4 Å². The highest BCUT2D eigenvalue weighted by Crippen LogP contribution is 2.29. The zero-order chi connectivity index (χ0) is 15.9. The molecule has 4 nitrogen and oxygen atoms in total.